The molecule has 0 saturated heterocycles. The maximum atomic E-state index is 13.3. The van der Waals surface area contributed by atoms with Crippen LogP contribution in [0.5, 0.6) is 17.2 Å². The number of anilines is 2. The number of carbonyl (C=O) groups excluding carboxylic acids is 2. The summed E-state index contributed by atoms with van der Waals surface area (Å²) < 4.78 is 45.1. The van der Waals surface area contributed by atoms with Crippen LogP contribution in [0.15, 0.2) is 68.8 Å². The van der Waals surface area contributed by atoms with Crippen molar-refractivity contribution in [3.63, 3.8) is 0 Å². The smallest absolute Gasteiger partial charge is 0.296 e. The van der Waals surface area contributed by atoms with Gasteiger partial charge in [0.15, 0.2) is 5.71 Å². The predicted octanol–water partition coefficient (Wildman–Crippen LogP) is 4.98. The van der Waals surface area contributed by atoms with Crippen LogP contribution in [0.2, 0.25) is 0 Å². The van der Waals surface area contributed by atoms with Gasteiger partial charge in [-0.3, -0.25) is 19.6 Å². The van der Waals surface area contributed by atoms with E-state index < -0.39 is 26.5 Å². The van der Waals surface area contributed by atoms with Gasteiger partial charge in [0.1, 0.15) is 33.5 Å². The number of azo groups is 1. The Balaban J connectivity index is 1.72. The third-order valence-electron chi connectivity index (χ3n) is 5.86. The normalized spacial score (nSPS) is 14.0. The molecule has 4 N–H and O–H groups in total. The van der Waals surface area contributed by atoms with E-state index in [1.807, 2.05) is 0 Å². The lowest BCUT2D eigenvalue weighted by Crippen LogP contribution is -2.27. The van der Waals surface area contributed by atoms with Crippen LogP contribution >= 0.6 is 0 Å². The van der Waals surface area contributed by atoms with Gasteiger partial charge >= 0.3 is 0 Å². The molecule has 0 atom stereocenters. The van der Waals surface area contributed by atoms with Crippen LogP contribution in [-0.2, 0) is 14.9 Å². The molecular weight excluding hydrogens is 554 g/mol. The van der Waals surface area contributed by atoms with Gasteiger partial charge in [0.05, 0.1) is 19.9 Å². The third kappa shape index (κ3) is 6.40. The van der Waals surface area contributed by atoms with Crippen LogP contribution in [0.4, 0.5) is 22.7 Å². The summed E-state index contributed by atoms with van der Waals surface area (Å²) in [5.41, 5.74) is 4.34. The average Bonchev–Trinajstić information content (AvgIpc) is 2.90. The van der Waals surface area contributed by atoms with Gasteiger partial charge in [-0.15, -0.1) is 5.11 Å². The van der Waals surface area contributed by atoms with Crippen molar-refractivity contribution in [1.29, 1.82) is 0 Å². The highest BCUT2D eigenvalue weighted by molar-refractivity contribution is 7.91. The van der Waals surface area contributed by atoms with Crippen molar-refractivity contribution in [2.75, 3.05) is 25.0 Å². The number of hydrogen-bond acceptors (Lipinski definition) is 11. The van der Waals surface area contributed by atoms with Crippen molar-refractivity contribution in [3.05, 3.63) is 70.1 Å². The molecule has 0 unspecified atom stereocenters. The number of hydrazone groups is 1. The predicted molar refractivity (Wildman–Crippen MR) is 152 cm³/mol. The number of benzene rings is 3. The molecule has 4 rings (SSSR count). The molecule has 0 bridgehead atoms. The number of carbonyl (C=O) groups is 2. The zero-order valence-electron chi connectivity index (χ0n) is 22.3. The average molecular weight is 580 g/mol. The summed E-state index contributed by atoms with van der Waals surface area (Å²) in [6.07, 6.45) is 1.09. The summed E-state index contributed by atoms with van der Waals surface area (Å²) in [6.45, 7) is 3.07. The number of nitrogens with zero attached hydrogens (tertiary/aromatic N) is 3. The zero-order chi connectivity index (χ0) is 29.9. The van der Waals surface area contributed by atoms with E-state index in [4.69, 9.17) is 9.47 Å². The van der Waals surface area contributed by atoms with Gasteiger partial charge in [0.25, 0.3) is 10.1 Å². The minimum Gasteiger partial charge on any atom is -0.508 e. The molecule has 41 heavy (non-hydrogen) atoms. The fourth-order valence-electron chi connectivity index (χ4n) is 3.94. The molecule has 0 aliphatic heterocycles. The highest BCUT2D eigenvalue weighted by Gasteiger charge is 2.33. The molecule has 14 heteroatoms. The van der Waals surface area contributed by atoms with Gasteiger partial charge in [-0.05, 0) is 60.5 Å². The lowest BCUT2D eigenvalue weighted by Gasteiger charge is -2.18. The lowest BCUT2D eigenvalue weighted by molar-refractivity contribution is -0.114. The number of phenols is 1. The van der Waals surface area contributed by atoms with Crippen molar-refractivity contribution in [1.82, 2.24) is 0 Å². The van der Waals surface area contributed by atoms with Gasteiger partial charge in [-0.1, -0.05) is 0 Å². The first kappa shape index (κ1) is 28.9. The van der Waals surface area contributed by atoms with Gasteiger partial charge in [-0.25, -0.2) is 0 Å². The number of hydrogen-bond donors (Lipinski definition) is 4. The van der Waals surface area contributed by atoms with E-state index in [0.29, 0.717) is 16.9 Å². The van der Waals surface area contributed by atoms with Crippen LogP contribution in [0.25, 0.3) is 6.08 Å². The topological polar surface area (TPSA) is 188 Å². The van der Waals surface area contributed by atoms with E-state index >= 15 is 0 Å². The standard InChI is InChI=1S/C27H25N5O8S/c1-14-9-18(34)6-8-20(14)29-30-21-12-24(40-4)22(13-23(21)39-3)31-32-26-25(41(36,37)38)11-16-10-17(28-15(2)33)5-7-19(16)27(26)35/h5-13,31,34H,1-4H3,(H,28,33)(H,36,37,38)/b30-29+,32-26-. The van der Waals surface area contributed by atoms with Crippen molar-refractivity contribution >= 4 is 56.3 Å². The molecule has 3 aromatic carbocycles. The summed E-state index contributed by atoms with van der Waals surface area (Å²) in [4.78, 5) is 23.9. The Morgan fingerprint density at radius 2 is 1.66 bits per heavy atom. The number of rotatable bonds is 8. The first-order valence-electron chi connectivity index (χ1n) is 11.9. The molecule has 0 aromatic heterocycles. The number of aromatic hydroxyl groups is 1. The van der Waals surface area contributed by atoms with Crippen LogP contribution in [0.3, 0.4) is 0 Å². The number of amides is 1. The second kappa shape index (κ2) is 11.6. The van der Waals surface area contributed by atoms with Crippen molar-refractivity contribution in [2.45, 2.75) is 13.8 Å². The number of methoxy groups -OCH3 is 2. The van der Waals surface area contributed by atoms with E-state index in [1.165, 1.54) is 57.5 Å². The molecular formula is C27H25N5O8S. The maximum Gasteiger partial charge on any atom is 0.296 e. The molecule has 13 nitrogen and oxygen atoms in total. The number of fused-ring (bicyclic) bond motifs is 1. The highest BCUT2D eigenvalue weighted by atomic mass is 32.2. The minimum atomic E-state index is -4.88. The molecule has 3 aromatic rings. The number of aryl methyl sites for hydroxylation is 1. The largest absolute Gasteiger partial charge is 0.508 e. The summed E-state index contributed by atoms with van der Waals surface area (Å²) >= 11 is 0. The molecule has 0 spiro atoms. The van der Waals surface area contributed by atoms with E-state index in [9.17, 15) is 27.7 Å². The minimum absolute atomic E-state index is 0.0967. The molecule has 0 fully saturated rings. The Bertz CT molecular complexity index is 1760. The number of Topliss-reactive ketones (excluding diaryl/α,β-unsaturated/α-hetero) is 1. The Morgan fingerprint density at radius 1 is 0.951 bits per heavy atom. The van der Waals surface area contributed by atoms with Gasteiger partial charge in [-0.2, -0.15) is 18.6 Å². The Morgan fingerprint density at radius 3 is 2.29 bits per heavy atom. The molecule has 0 saturated carbocycles. The van der Waals surface area contributed by atoms with E-state index in [0.717, 1.165) is 6.08 Å². The van der Waals surface area contributed by atoms with Crippen molar-refractivity contribution < 1.29 is 37.1 Å². The third-order valence-corrected chi connectivity index (χ3v) is 6.73. The molecule has 0 radical (unpaired) electrons. The summed E-state index contributed by atoms with van der Waals surface area (Å²) in [5, 5.41) is 24.6. The molecule has 212 valence electrons. The number of ether oxygens (including phenoxy) is 2. The first-order valence-corrected chi connectivity index (χ1v) is 13.3. The number of nitrogens with one attached hydrogen (secondary N) is 2. The van der Waals surface area contributed by atoms with E-state index in [1.54, 1.807) is 19.1 Å². The summed E-state index contributed by atoms with van der Waals surface area (Å²) in [6, 6.07) is 11.9. The second-order valence-corrected chi connectivity index (χ2v) is 10.2. The highest BCUT2D eigenvalue weighted by Crippen LogP contribution is 2.39. The molecule has 0 heterocycles. The van der Waals surface area contributed by atoms with Crippen LogP contribution in [-0.4, -0.2) is 49.7 Å². The molecule has 1 aliphatic carbocycles. The molecule has 1 amide bonds. The summed E-state index contributed by atoms with van der Waals surface area (Å²) in [5.74, 6) is -0.598. The Labute approximate surface area is 235 Å². The van der Waals surface area contributed by atoms with Crippen LogP contribution < -0.4 is 20.2 Å². The first-order chi connectivity index (χ1) is 19.4. The lowest BCUT2D eigenvalue weighted by atomic mass is 9.94. The van der Waals surface area contributed by atoms with E-state index in [2.05, 4.69) is 26.1 Å². The van der Waals surface area contributed by atoms with Crippen molar-refractivity contribution in [3.8, 4) is 17.2 Å². The second-order valence-electron chi connectivity index (χ2n) is 8.76. The Kier molecular flexibility index (Phi) is 8.16. The SMILES string of the molecule is COc1cc(N/N=C2\C(=O)c3ccc(NC(C)=O)cc3C=C2S(=O)(=O)O)c(OC)cc1/N=N/c1ccc(O)cc1C. The van der Waals surface area contributed by atoms with E-state index in [-0.39, 0.29) is 45.7 Å². The quantitative estimate of drug-likeness (QED) is 0.162. The Hall–Kier alpha value is -5.08. The van der Waals surface area contributed by atoms with Gasteiger partial charge in [0.2, 0.25) is 11.7 Å². The summed E-state index contributed by atoms with van der Waals surface area (Å²) in [7, 11) is -2.10. The fourth-order valence-corrected chi connectivity index (χ4v) is 4.60. The van der Waals surface area contributed by atoms with Gasteiger partial charge < -0.3 is 19.9 Å². The maximum absolute atomic E-state index is 13.3. The number of ketones is 1. The number of phenolic OH excluding ortho intramolecular Hbond substituents is 1. The van der Waals surface area contributed by atoms with Crippen LogP contribution in [0.1, 0.15) is 28.4 Å². The molecule has 1 aliphatic rings. The zero-order valence-corrected chi connectivity index (χ0v) is 23.1. The van der Waals surface area contributed by atoms with Crippen molar-refractivity contribution in [2.24, 2.45) is 15.3 Å². The monoisotopic (exact) mass is 579 g/mol. The van der Waals surface area contributed by atoms with Gasteiger partial charge in [0, 0.05) is 30.3 Å². The number of allylic oxidation sites excluding steroid dienone is 1. The fraction of sp³-hybridized carbons (Fsp3) is 0.148. The van der Waals surface area contributed by atoms with Crippen LogP contribution in [0, 0.1) is 6.92 Å².